The van der Waals surface area contributed by atoms with Crippen molar-refractivity contribution in [1.29, 1.82) is 0 Å². The number of rotatable bonds is 3. The van der Waals surface area contributed by atoms with E-state index < -0.39 is 11.7 Å². The zero-order valence-electron chi connectivity index (χ0n) is 12.2. The molecule has 20 heavy (non-hydrogen) atoms. The lowest BCUT2D eigenvalue weighted by molar-refractivity contribution is -0.0867. The van der Waals surface area contributed by atoms with Crippen LogP contribution in [0.4, 0.5) is 0 Å². The van der Waals surface area contributed by atoms with Crippen LogP contribution in [0, 0.1) is 0 Å². The molecule has 2 nitrogen and oxygen atoms in total. The predicted octanol–water partition coefficient (Wildman–Crippen LogP) is 4.07. The van der Waals surface area contributed by atoms with Gasteiger partial charge in [0, 0.05) is 0 Å². The fraction of sp³-hybridized carbons (Fsp3) is 0.667. The summed E-state index contributed by atoms with van der Waals surface area (Å²) in [5, 5.41) is 21.3. The molecule has 0 bridgehead atoms. The van der Waals surface area contributed by atoms with Gasteiger partial charge < -0.3 is 10.2 Å². The molecule has 0 heterocycles. The van der Waals surface area contributed by atoms with Gasteiger partial charge in [0.15, 0.2) is 0 Å². The third-order valence-electron chi connectivity index (χ3n) is 5.31. The maximum Gasteiger partial charge on any atom is 0.108 e. The Morgan fingerprint density at radius 3 is 2.00 bits per heavy atom. The molecule has 0 radical (unpaired) electrons. The van der Waals surface area contributed by atoms with Gasteiger partial charge in [-0.2, -0.15) is 0 Å². The van der Waals surface area contributed by atoms with E-state index in [-0.39, 0.29) is 0 Å². The number of hydrogen-bond donors (Lipinski definition) is 2. The van der Waals surface area contributed by atoms with Crippen molar-refractivity contribution in [2.24, 2.45) is 0 Å². The van der Waals surface area contributed by atoms with E-state index in [0.717, 1.165) is 37.2 Å². The lowest BCUT2D eigenvalue weighted by Crippen LogP contribution is -2.35. The number of aliphatic hydroxyl groups is 2. The van der Waals surface area contributed by atoms with Crippen LogP contribution in [0.15, 0.2) is 24.3 Å². The van der Waals surface area contributed by atoms with Gasteiger partial charge >= 0.3 is 0 Å². The van der Waals surface area contributed by atoms with Gasteiger partial charge in [0.05, 0.1) is 5.60 Å². The Balaban J connectivity index is 1.73. The first kappa shape index (κ1) is 14.1. The van der Waals surface area contributed by atoms with Gasteiger partial charge in [-0.1, -0.05) is 56.4 Å². The number of benzene rings is 1. The van der Waals surface area contributed by atoms with Crippen molar-refractivity contribution in [3.05, 3.63) is 35.4 Å². The van der Waals surface area contributed by atoms with E-state index in [1.165, 1.54) is 37.7 Å². The number of hydrogen-bond acceptors (Lipinski definition) is 2. The third-order valence-corrected chi connectivity index (χ3v) is 5.31. The Hall–Kier alpha value is -0.860. The number of aliphatic hydroxyl groups excluding tert-OH is 1. The van der Waals surface area contributed by atoms with Crippen molar-refractivity contribution >= 4 is 0 Å². The van der Waals surface area contributed by atoms with Crippen LogP contribution < -0.4 is 0 Å². The molecule has 2 saturated carbocycles. The van der Waals surface area contributed by atoms with Gasteiger partial charge in [-0.15, -0.1) is 0 Å². The summed E-state index contributed by atoms with van der Waals surface area (Å²) in [5.41, 5.74) is 1.34. The van der Waals surface area contributed by atoms with E-state index in [1.54, 1.807) is 0 Å². The average molecular weight is 274 g/mol. The normalized spacial score (nSPS) is 24.7. The maximum atomic E-state index is 10.8. The lowest BCUT2D eigenvalue weighted by atomic mass is 9.79. The fourth-order valence-electron chi connectivity index (χ4n) is 3.62. The van der Waals surface area contributed by atoms with Gasteiger partial charge in [0.1, 0.15) is 6.10 Å². The van der Waals surface area contributed by atoms with Crippen molar-refractivity contribution in [2.45, 2.75) is 75.4 Å². The van der Waals surface area contributed by atoms with Gasteiger partial charge in [-0.25, -0.2) is 0 Å². The Morgan fingerprint density at radius 1 is 0.900 bits per heavy atom. The van der Waals surface area contributed by atoms with E-state index in [2.05, 4.69) is 12.1 Å². The predicted molar refractivity (Wildman–Crippen MR) is 80.6 cm³/mol. The van der Waals surface area contributed by atoms with Crippen LogP contribution in [-0.4, -0.2) is 15.8 Å². The molecule has 2 N–H and O–H groups in total. The Labute approximate surface area is 121 Å². The molecule has 1 atom stereocenters. The Morgan fingerprint density at radius 2 is 1.50 bits per heavy atom. The molecule has 2 aliphatic carbocycles. The molecule has 0 aliphatic heterocycles. The van der Waals surface area contributed by atoms with Crippen LogP contribution in [0.5, 0.6) is 0 Å². The average Bonchev–Trinajstić information content (AvgIpc) is 2.63. The summed E-state index contributed by atoms with van der Waals surface area (Å²) >= 11 is 0. The summed E-state index contributed by atoms with van der Waals surface area (Å²) in [6.07, 6.45) is 9.03. The molecule has 0 amide bonds. The topological polar surface area (TPSA) is 40.5 Å². The monoisotopic (exact) mass is 274 g/mol. The lowest BCUT2D eigenvalue weighted by Gasteiger charge is -2.33. The molecular formula is C18H26O2. The summed E-state index contributed by atoms with van der Waals surface area (Å²) in [5.74, 6) is 0.724. The summed E-state index contributed by atoms with van der Waals surface area (Å²) in [4.78, 5) is 0. The SMILES string of the molecule is OC(c1ccc(C2CCC2)cc1)C1(O)CCCCCC1. The summed E-state index contributed by atoms with van der Waals surface area (Å²) < 4.78 is 0. The standard InChI is InChI=1S/C18H26O2/c19-17(18(20)12-3-1-2-4-13-18)16-10-8-15(9-11-16)14-6-5-7-14/h8-11,14,17,19-20H,1-7,12-13H2. The minimum atomic E-state index is -0.922. The highest BCUT2D eigenvalue weighted by molar-refractivity contribution is 5.29. The summed E-state index contributed by atoms with van der Waals surface area (Å²) in [6, 6.07) is 8.31. The molecule has 2 heteroatoms. The highest BCUT2D eigenvalue weighted by Gasteiger charge is 2.36. The highest BCUT2D eigenvalue weighted by atomic mass is 16.3. The molecule has 0 aromatic heterocycles. The smallest absolute Gasteiger partial charge is 0.108 e. The zero-order valence-corrected chi connectivity index (χ0v) is 12.2. The Kier molecular flexibility index (Phi) is 4.13. The third kappa shape index (κ3) is 2.77. The largest absolute Gasteiger partial charge is 0.387 e. The van der Waals surface area contributed by atoms with Crippen LogP contribution in [-0.2, 0) is 0 Å². The second-order valence-electron chi connectivity index (χ2n) is 6.71. The quantitative estimate of drug-likeness (QED) is 0.816. The van der Waals surface area contributed by atoms with Crippen molar-refractivity contribution < 1.29 is 10.2 Å². The van der Waals surface area contributed by atoms with Crippen molar-refractivity contribution in [3.63, 3.8) is 0 Å². The maximum absolute atomic E-state index is 10.8. The van der Waals surface area contributed by atoms with Crippen LogP contribution in [0.2, 0.25) is 0 Å². The molecule has 1 aromatic carbocycles. The molecule has 2 aliphatic rings. The second kappa shape index (κ2) is 5.87. The van der Waals surface area contributed by atoms with Crippen LogP contribution in [0.1, 0.15) is 80.9 Å². The van der Waals surface area contributed by atoms with Gasteiger partial charge in [0.2, 0.25) is 0 Å². The van der Waals surface area contributed by atoms with Gasteiger partial charge in [-0.05, 0) is 42.7 Å². The molecular weight excluding hydrogens is 248 g/mol. The molecule has 110 valence electrons. The minimum Gasteiger partial charge on any atom is -0.387 e. The first-order chi connectivity index (χ1) is 9.69. The first-order valence-electron chi connectivity index (χ1n) is 8.19. The highest BCUT2D eigenvalue weighted by Crippen LogP contribution is 2.39. The van der Waals surface area contributed by atoms with E-state index in [0.29, 0.717) is 0 Å². The van der Waals surface area contributed by atoms with E-state index in [9.17, 15) is 10.2 Å². The van der Waals surface area contributed by atoms with E-state index in [1.807, 2.05) is 12.1 Å². The van der Waals surface area contributed by atoms with E-state index in [4.69, 9.17) is 0 Å². The fourth-order valence-corrected chi connectivity index (χ4v) is 3.62. The molecule has 2 fully saturated rings. The molecule has 0 spiro atoms. The molecule has 1 aromatic rings. The zero-order chi connectivity index (χ0) is 14.0. The minimum absolute atomic E-state index is 0.721. The first-order valence-corrected chi connectivity index (χ1v) is 8.19. The summed E-state index contributed by atoms with van der Waals surface area (Å²) in [6.45, 7) is 0. The van der Waals surface area contributed by atoms with E-state index >= 15 is 0 Å². The van der Waals surface area contributed by atoms with Crippen molar-refractivity contribution in [3.8, 4) is 0 Å². The van der Waals surface area contributed by atoms with Crippen LogP contribution in [0.25, 0.3) is 0 Å². The van der Waals surface area contributed by atoms with Crippen molar-refractivity contribution in [1.82, 2.24) is 0 Å². The van der Waals surface area contributed by atoms with Gasteiger partial charge in [-0.3, -0.25) is 0 Å². The van der Waals surface area contributed by atoms with Crippen LogP contribution >= 0.6 is 0 Å². The molecule has 1 unspecified atom stereocenters. The summed E-state index contributed by atoms with van der Waals surface area (Å²) in [7, 11) is 0. The molecule has 3 rings (SSSR count). The van der Waals surface area contributed by atoms with Gasteiger partial charge in [0.25, 0.3) is 0 Å². The second-order valence-corrected chi connectivity index (χ2v) is 6.71. The van der Waals surface area contributed by atoms with Crippen LogP contribution in [0.3, 0.4) is 0 Å². The Bertz CT molecular complexity index is 425. The van der Waals surface area contributed by atoms with Crippen molar-refractivity contribution in [2.75, 3.05) is 0 Å². The molecule has 0 saturated heterocycles.